The maximum absolute atomic E-state index is 10.1. The molecule has 1 fully saturated rings. The van der Waals surface area contributed by atoms with Gasteiger partial charge in [0.05, 0.1) is 23.1 Å². The Morgan fingerprint density at radius 3 is 2.38 bits per heavy atom. The highest BCUT2D eigenvalue weighted by Crippen LogP contribution is 2.39. The summed E-state index contributed by atoms with van der Waals surface area (Å²) in [6.07, 6.45) is 5.92. The van der Waals surface area contributed by atoms with Crippen LogP contribution in [0.15, 0.2) is 54.6 Å². The van der Waals surface area contributed by atoms with Crippen LogP contribution in [-0.4, -0.2) is 13.1 Å². The van der Waals surface area contributed by atoms with Crippen LogP contribution in [0.2, 0.25) is 0 Å². The number of benzene rings is 3. The van der Waals surface area contributed by atoms with Crippen molar-refractivity contribution in [1.82, 2.24) is 0 Å². The number of nitrogens with zero attached hydrogens (tertiary/aromatic N) is 3. The number of rotatable bonds is 6. The van der Waals surface area contributed by atoms with Gasteiger partial charge in [-0.25, -0.2) is 0 Å². The Hall–Kier alpha value is -3.30. The SMILES string of the molecule is CCc1ccc(CCCC2(C#N)CCN(c3ccc(C#N)c4ccccc34)CC2)c(C)c1. The fourth-order valence-electron chi connectivity index (χ4n) is 5.13. The molecule has 3 nitrogen and oxygen atoms in total. The van der Waals surface area contributed by atoms with Gasteiger partial charge in [0.1, 0.15) is 0 Å². The van der Waals surface area contributed by atoms with Gasteiger partial charge < -0.3 is 4.90 Å². The van der Waals surface area contributed by atoms with Crippen molar-refractivity contribution in [1.29, 1.82) is 10.5 Å². The monoisotopic (exact) mass is 421 g/mol. The van der Waals surface area contributed by atoms with Gasteiger partial charge in [-0.15, -0.1) is 0 Å². The van der Waals surface area contributed by atoms with Crippen LogP contribution in [0.1, 0.15) is 54.9 Å². The summed E-state index contributed by atoms with van der Waals surface area (Å²) in [6, 6.07) is 24.0. The Labute approximate surface area is 191 Å². The summed E-state index contributed by atoms with van der Waals surface area (Å²) in [5, 5.41) is 21.6. The fraction of sp³-hybridized carbons (Fsp3) is 0.379. The third-order valence-electron chi connectivity index (χ3n) is 7.24. The summed E-state index contributed by atoms with van der Waals surface area (Å²) in [6.45, 7) is 6.16. The van der Waals surface area contributed by atoms with Crippen molar-refractivity contribution in [3.05, 3.63) is 76.9 Å². The van der Waals surface area contributed by atoms with Crippen molar-refractivity contribution in [2.24, 2.45) is 5.41 Å². The van der Waals surface area contributed by atoms with Crippen molar-refractivity contribution in [2.75, 3.05) is 18.0 Å². The Bertz CT molecular complexity index is 1190. The number of piperidine rings is 1. The Kier molecular flexibility index (Phi) is 6.48. The molecule has 32 heavy (non-hydrogen) atoms. The molecule has 3 aromatic rings. The van der Waals surface area contributed by atoms with E-state index in [0.29, 0.717) is 0 Å². The summed E-state index contributed by atoms with van der Waals surface area (Å²) in [5.74, 6) is 0. The predicted octanol–water partition coefficient (Wildman–Crippen LogP) is 6.72. The van der Waals surface area contributed by atoms with Gasteiger partial charge in [-0.1, -0.05) is 49.4 Å². The van der Waals surface area contributed by atoms with E-state index in [1.165, 1.54) is 22.4 Å². The standard InChI is InChI=1S/C29H31N3/c1-3-23-10-11-24(22(2)19-23)7-6-14-29(21-31)15-17-32(18-16-29)28-13-12-25(20-30)26-8-4-5-9-27(26)28/h4-5,8-13,19H,3,6-7,14-18H2,1-2H3. The minimum atomic E-state index is -0.226. The molecule has 0 unspecified atom stereocenters. The first-order chi connectivity index (χ1) is 15.6. The van der Waals surface area contributed by atoms with E-state index in [0.717, 1.165) is 68.0 Å². The number of nitriles is 2. The molecular weight excluding hydrogens is 390 g/mol. The molecule has 0 N–H and O–H groups in total. The minimum absolute atomic E-state index is 0.226. The van der Waals surface area contributed by atoms with Crippen molar-refractivity contribution >= 4 is 16.5 Å². The van der Waals surface area contributed by atoms with Crippen LogP contribution in [0.3, 0.4) is 0 Å². The first-order valence-electron chi connectivity index (χ1n) is 11.8. The average molecular weight is 422 g/mol. The van der Waals surface area contributed by atoms with Gasteiger partial charge in [0.25, 0.3) is 0 Å². The third-order valence-corrected chi connectivity index (χ3v) is 7.24. The van der Waals surface area contributed by atoms with Gasteiger partial charge in [-0.2, -0.15) is 10.5 Å². The largest absolute Gasteiger partial charge is 0.371 e. The minimum Gasteiger partial charge on any atom is -0.371 e. The van der Waals surface area contributed by atoms with Crippen LogP contribution >= 0.6 is 0 Å². The van der Waals surface area contributed by atoms with E-state index in [9.17, 15) is 10.5 Å². The van der Waals surface area contributed by atoms with Gasteiger partial charge in [-0.3, -0.25) is 0 Å². The lowest BCUT2D eigenvalue weighted by Gasteiger charge is -2.39. The molecule has 1 heterocycles. The van der Waals surface area contributed by atoms with Crippen molar-refractivity contribution in [3.8, 4) is 12.1 Å². The molecular formula is C29H31N3. The molecule has 0 radical (unpaired) electrons. The van der Waals surface area contributed by atoms with Gasteiger partial charge >= 0.3 is 0 Å². The molecule has 0 spiro atoms. The highest BCUT2D eigenvalue weighted by atomic mass is 15.1. The fourth-order valence-corrected chi connectivity index (χ4v) is 5.13. The highest BCUT2D eigenvalue weighted by molar-refractivity contribution is 5.97. The summed E-state index contributed by atoms with van der Waals surface area (Å²) in [4.78, 5) is 2.40. The average Bonchev–Trinajstić information content (AvgIpc) is 2.84. The Balaban J connectivity index is 1.42. The lowest BCUT2D eigenvalue weighted by atomic mass is 9.75. The molecule has 0 aromatic heterocycles. The maximum Gasteiger partial charge on any atom is 0.0998 e. The Morgan fingerprint density at radius 1 is 0.969 bits per heavy atom. The zero-order valence-corrected chi connectivity index (χ0v) is 19.2. The summed E-state index contributed by atoms with van der Waals surface area (Å²) in [7, 11) is 0. The number of hydrogen-bond acceptors (Lipinski definition) is 3. The van der Waals surface area contributed by atoms with E-state index < -0.39 is 0 Å². The molecule has 0 atom stereocenters. The van der Waals surface area contributed by atoms with Crippen LogP contribution in [0.5, 0.6) is 0 Å². The van der Waals surface area contributed by atoms with Gasteiger partial charge in [0.15, 0.2) is 0 Å². The number of aryl methyl sites for hydroxylation is 3. The van der Waals surface area contributed by atoms with Gasteiger partial charge in [-0.05, 0) is 74.3 Å². The lowest BCUT2D eigenvalue weighted by Crippen LogP contribution is -2.39. The van der Waals surface area contributed by atoms with E-state index in [2.05, 4.69) is 61.2 Å². The lowest BCUT2D eigenvalue weighted by molar-refractivity contribution is 0.276. The summed E-state index contributed by atoms with van der Waals surface area (Å²) in [5.41, 5.74) is 5.85. The second-order valence-electron chi connectivity index (χ2n) is 9.14. The van der Waals surface area contributed by atoms with Crippen LogP contribution in [0.25, 0.3) is 10.8 Å². The van der Waals surface area contributed by atoms with E-state index >= 15 is 0 Å². The molecule has 1 aliphatic heterocycles. The molecule has 4 rings (SSSR count). The van der Waals surface area contributed by atoms with Crippen LogP contribution < -0.4 is 4.90 Å². The Morgan fingerprint density at radius 2 is 1.72 bits per heavy atom. The topological polar surface area (TPSA) is 50.8 Å². The van der Waals surface area contributed by atoms with Crippen molar-refractivity contribution < 1.29 is 0 Å². The maximum atomic E-state index is 10.1. The van der Waals surface area contributed by atoms with E-state index in [-0.39, 0.29) is 5.41 Å². The quantitative estimate of drug-likeness (QED) is 0.444. The summed E-state index contributed by atoms with van der Waals surface area (Å²) >= 11 is 0. The van der Waals surface area contributed by atoms with Gasteiger partial charge in [0.2, 0.25) is 0 Å². The number of hydrogen-bond donors (Lipinski definition) is 0. The zero-order valence-electron chi connectivity index (χ0n) is 19.2. The molecule has 1 aliphatic rings. The molecule has 3 heteroatoms. The first-order valence-corrected chi connectivity index (χ1v) is 11.8. The van der Waals surface area contributed by atoms with E-state index in [1.54, 1.807) is 0 Å². The molecule has 3 aromatic carbocycles. The number of anilines is 1. The molecule has 1 saturated heterocycles. The molecule has 162 valence electrons. The molecule has 0 aliphatic carbocycles. The van der Waals surface area contributed by atoms with Crippen LogP contribution in [0.4, 0.5) is 5.69 Å². The first kappa shape index (κ1) is 21.9. The van der Waals surface area contributed by atoms with Crippen LogP contribution in [0, 0.1) is 35.0 Å². The zero-order chi connectivity index (χ0) is 22.6. The third kappa shape index (κ3) is 4.35. The van der Waals surface area contributed by atoms with Crippen molar-refractivity contribution in [3.63, 3.8) is 0 Å². The highest BCUT2D eigenvalue weighted by Gasteiger charge is 2.34. The van der Waals surface area contributed by atoms with E-state index in [4.69, 9.17) is 0 Å². The van der Waals surface area contributed by atoms with Gasteiger partial charge in [0, 0.05) is 29.5 Å². The number of fused-ring (bicyclic) bond motifs is 1. The molecule has 0 saturated carbocycles. The smallest absolute Gasteiger partial charge is 0.0998 e. The second kappa shape index (κ2) is 9.46. The second-order valence-corrected chi connectivity index (χ2v) is 9.14. The summed E-state index contributed by atoms with van der Waals surface area (Å²) < 4.78 is 0. The molecule has 0 amide bonds. The van der Waals surface area contributed by atoms with Crippen LogP contribution in [-0.2, 0) is 12.8 Å². The molecule has 0 bridgehead atoms. The normalized spacial score (nSPS) is 15.3. The van der Waals surface area contributed by atoms with Crippen molar-refractivity contribution in [2.45, 2.75) is 52.4 Å². The predicted molar refractivity (Wildman–Crippen MR) is 132 cm³/mol. The van der Waals surface area contributed by atoms with E-state index in [1.807, 2.05) is 24.3 Å².